The third-order valence-corrected chi connectivity index (χ3v) is 7.66. The number of nitrogens with zero attached hydrogens (tertiary/aromatic N) is 5. The Kier molecular flexibility index (Phi) is 5.76. The summed E-state index contributed by atoms with van der Waals surface area (Å²) in [6, 6.07) is 6.11. The molecule has 0 N–H and O–H groups in total. The molecule has 0 spiro atoms. The first-order chi connectivity index (χ1) is 14.4. The van der Waals surface area contributed by atoms with Crippen LogP contribution < -0.4 is 4.90 Å². The number of aryl methyl sites for hydroxylation is 1. The molecule has 4 rings (SSSR count). The second kappa shape index (κ2) is 8.32. The maximum atomic E-state index is 13.0. The third-order valence-electron chi connectivity index (χ3n) is 5.76. The average Bonchev–Trinajstić information content (AvgIpc) is 3.19. The topological polar surface area (TPSA) is 111 Å². The molecule has 11 heteroatoms. The number of hydrogen-bond donors (Lipinski definition) is 0. The van der Waals surface area contributed by atoms with Gasteiger partial charge in [-0.25, -0.2) is 8.42 Å². The van der Waals surface area contributed by atoms with Crippen molar-refractivity contribution in [1.82, 2.24) is 14.1 Å². The van der Waals surface area contributed by atoms with Gasteiger partial charge in [0.05, 0.1) is 34.8 Å². The van der Waals surface area contributed by atoms with E-state index in [9.17, 15) is 18.5 Å². The fraction of sp³-hybridized carbons (Fsp3) is 0.526. The summed E-state index contributed by atoms with van der Waals surface area (Å²) < 4.78 is 34.3. The van der Waals surface area contributed by atoms with Gasteiger partial charge in [0.25, 0.3) is 5.69 Å². The van der Waals surface area contributed by atoms with E-state index in [0.717, 1.165) is 25.0 Å². The molecule has 2 aliphatic heterocycles. The maximum absolute atomic E-state index is 13.0. The zero-order valence-corrected chi connectivity index (χ0v) is 17.6. The summed E-state index contributed by atoms with van der Waals surface area (Å²) >= 11 is 0. The Morgan fingerprint density at radius 3 is 2.60 bits per heavy atom. The number of morpholine rings is 1. The number of hydrogen-bond acceptors (Lipinski definition) is 7. The van der Waals surface area contributed by atoms with Crippen LogP contribution in [0.2, 0.25) is 0 Å². The summed E-state index contributed by atoms with van der Waals surface area (Å²) in [4.78, 5) is 13.4. The van der Waals surface area contributed by atoms with Crippen LogP contribution in [0.4, 0.5) is 11.4 Å². The summed E-state index contributed by atoms with van der Waals surface area (Å²) in [6.07, 6.45) is 4.50. The molecule has 2 aromatic rings. The largest absolute Gasteiger partial charge is 0.379 e. The van der Waals surface area contributed by atoms with Gasteiger partial charge in [-0.05, 0) is 37.5 Å². The average molecular weight is 436 g/mol. The van der Waals surface area contributed by atoms with E-state index < -0.39 is 14.9 Å². The van der Waals surface area contributed by atoms with Gasteiger partial charge in [-0.3, -0.25) is 14.8 Å². The molecule has 0 amide bonds. The smallest absolute Gasteiger partial charge is 0.293 e. The van der Waals surface area contributed by atoms with E-state index in [1.807, 2.05) is 18.0 Å². The van der Waals surface area contributed by atoms with Gasteiger partial charge in [0.2, 0.25) is 10.0 Å². The zero-order chi connectivity index (χ0) is 21.3. The van der Waals surface area contributed by atoms with Crippen molar-refractivity contribution in [2.75, 3.05) is 37.7 Å². The van der Waals surface area contributed by atoms with Gasteiger partial charge in [-0.15, -0.1) is 0 Å². The predicted molar refractivity (Wildman–Crippen MR) is 110 cm³/mol. The molecule has 0 aliphatic carbocycles. The molecule has 2 aliphatic rings. The Morgan fingerprint density at radius 1 is 1.17 bits per heavy atom. The van der Waals surface area contributed by atoms with Gasteiger partial charge in [-0.2, -0.15) is 9.40 Å². The van der Waals surface area contributed by atoms with Crippen LogP contribution >= 0.6 is 0 Å². The molecule has 2 saturated heterocycles. The molecular weight excluding hydrogens is 410 g/mol. The Morgan fingerprint density at radius 2 is 1.93 bits per heavy atom. The summed E-state index contributed by atoms with van der Waals surface area (Å²) in [5, 5.41) is 16.1. The predicted octanol–water partition coefficient (Wildman–Crippen LogP) is 2.08. The van der Waals surface area contributed by atoms with Crippen molar-refractivity contribution in [2.45, 2.75) is 30.2 Å². The SMILES string of the molecule is Cn1nccc1[C@@H]1CCCCN1c1ccc(S(=O)(=O)N2CCOCC2)cc1[N+](=O)[O-]. The van der Waals surface area contributed by atoms with Crippen molar-refractivity contribution in [3.63, 3.8) is 0 Å². The van der Waals surface area contributed by atoms with Crippen LogP contribution in [0, 0.1) is 10.1 Å². The van der Waals surface area contributed by atoms with Crippen molar-refractivity contribution in [2.24, 2.45) is 7.05 Å². The van der Waals surface area contributed by atoms with Crippen LogP contribution in [0.25, 0.3) is 0 Å². The van der Waals surface area contributed by atoms with Gasteiger partial charge < -0.3 is 9.64 Å². The number of piperidine rings is 1. The summed E-state index contributed by atoms with van der Waals surface area (Å²) in [5.74, 6) is 0. The highest BCUT2D eigenvalue weighted by atomic mass is 32.2. The second-order valence-corrected chi connectivity index (χ2v) is 9.45. The number of nitro benzene ring substituents is 1. The number of aromatic nitrogens is 2. The molecule has 2 fully saturated rings. The van der Waals surface area contributed by atoms with E-state index in [1.54, 1.807) is 16.9 Å². The molecule has 0 unspecified atom stereocenters. The highest BCUT2D eigenvalue weighted by molar-refractivity contribution is 7.89. The molecule has 0 radical (unpaired) electrons. The van der Waals surface area contributed by atoms with Crippen molar-refractivity contribution in [3.8, 4) is 0 Å². The quantitative estimate of drug-likeness (QED) is 0.522. The van der Waals surface area contributed by atoms with Crippen LogP contribution in [-0.4, -0.2) is 60.3 Å². The first-order valence-electron chi connectivity index (χ1n) is 10.0. The minimum atomic E-state index is -3.81. The van der Waals surface area contributed by atoms with Crippen molar-refractivity contribution in [3.05, 3.63) is 46.3 Å². The molecule has 1 aromatic heterocycles. The molecule has 0 saturated carbocycles. The van der Waals surface area contributed by atoms with Crippen LogP contribution in [0.15, 0.2) is 35.4 Å². The summed E-state index contributed by atoms with van der Waals surface area (Å²) in [5.41, 5.74) is 1.22. The van der Waals surface area contributed by atoms with E-state index in [4.69, 9.17) is 4.74 Å². The highest BCUT2D eigenvalue weighted by Crippen LogP contribution is 2.40. The summed E-state index contributed by atoms with van der Waals surface area (Å²) in [7, 11) is -1.96. The minimum absolute atomic E-state index is 0.0494. The van der Waals surface area contributed by atoms with Crippen LogP contribution in [-0.2, 0) is 21.8 Å². The van der Waals surface area contributed by atoms with Crippen molar-refractivity contribution in [1.29, 1.82) is 0 Å². The van der Waals surface area contributed by atoms with E-state index in [-0.39, 0.29) is 29.7 Å². The standard InChI is InChI=1S/C19H25N5O5S/c1-21-16(7-8-20-21)17-4-2-3-9-23(17)18-6-5-15(14-19(18)24(25)26)30(27,28)22-10-12-29-13-11-22/h5-8,14,17H,2-4,9-13H2,1H3/t17-/m0/s1. The second-order valence-electron chi connectivity index (χ2n) is 7.51. The lowest BCUT2D eigenvalue weighted by atomic mass is 9.98. The van der Waals surface area contributed by atoms with Crippen LogP contribution in [0.3, 0.4) is 0 Å². The normalized spacial score (nSPS) is 21.0. The van der Waals surface area contributed by atoms with E-state index in [0.29, 0.717) is 25.4 Å². The first-order valence-corrected chi connectivity index (χ1v) is 11.4. The molecule has 1 atom stereocenters. The molecule has 30 heavy (non-hydrogen) atoms. The van der Waals surface area contributed by atoms with E-state index >= 15 is 0 Å². The Labute approximate surface area is 175 Å². The van der Waals surface area contributed by atoms with Crippen LogP contribution in [0.5, 0.6) is 0 Å². The molecule has 162 valence electrons. The molecular formula is C19H25N5O5S. The Bertz CT molecular complexity index is 1030. The fourth-order valence-electron chi connectivity index (χ4n) is 4.23. The minimum Gasteiger partial charge on any atom is -0.379 e. The Hall–Kier alpha value is -2.50. The molecule has 10 nitrogen and oxygen atoms in total. The lowest BCUT2D eigenvalue weighted by molar-refractivity contribution is -0.384. The number of nitro groups is 1. The van der Waals surface area contributed by atoms with Gasteiger partial charge in [0.1, 0.15) is 5.69 Å². The van der Waals surface area contributed by atoms with Crippen LogP contribution in [0.1, 0.15) is 31.0 Å². The number of sulfonamides is 1. The van der Waals surface area contributed by atoms with E-state index in [2.05, 4.69) is 5.10 Å². The van der Waals surface area contributed by atoms with Gasteiger partial charge >= 0.3 is 0 Å². The maximum Gasteiger partial charge on any atom is 0.293 e. The van der Waals surface area contributed by atoms with E-state index in [1.165, 1.54) is 16.4 Å². The lowest BCUT2D eigenvalue weighted by Gasteiger charge is -2.37. The monoisotopic (exact) mass is 435 g/mol. The number of benzene rings is 1. The third kappa shape index (κ3) is 3.80. The first kappa shape index (κ1) is 20.8. The van der Waals surface area contributed by atoms with Gasteiger partial charge in [0, 0.05) is 38.9 Å². The molecule has 0 bridgehead atoms. The lowest BCUT2D eigenvalue weighted by Crippen LogP contribution is -2.40. The van der Waals surface area contributed by atoms with Gasteiger partial charge in [0.15, 0.2) is 0 Å². The highest BCUT2D eigenvalue weighted by Gasteiger charge is 2.33. The summed E-state index contributed by atoms with van der Waals surface area (Å²) in [6.45, 7) is 1.78. The molecule has 1 aromatic carbocycles. The van der Waals surface area contributed by atoms with Gasteiger partial charge in [-0.1, -0.05) is 0 Å². The van der Waals surface area contributed by atoms with Crippen molar-refractivity contribution >= 4 is 21.4 Å². The number of rotatable bonds is 5. The number of anilines is 1. The zero-order valence-electron chi connectivity index (χ0n) is 16.8. The number of ether oxygens (including phenoxy) is 1. The van der Waals surface area contributed by atoms with Crippen molar-refractivity contribution < 1.29 is 18.1 Å². The fourth-order valence-corrected chi connectivity index (χ4v) is 5.66. The molecule has 3 heterocycles. The Balaban J connectivity index is 1.73.